The molecule has 0 saturated carbocycles. The summed E-state index contributed by atoms with van der Waals surface area (Å²) in [6.07, 6.45) is 1.01. The molecule has 8 nitrogen and oxygen atoms in total. The molecule has 0 aromatic heterocycles. The zero-order valence-corrected chi connectivity index (χ0v) is 21.4. The monoisotopic (exact) mass is 500 g/mol. The third-order valence-electron chi connectivity index (χ3n) is 7.40. The molecule has 2 N–H and O–H groups in total. The quantitative estimate of drug-likeness (QED) is 0.572. The summed E-state index contributed by atoms with van der Waals surface area (Å²) in [5.74, 6) is 0.322. The molecule has 0 saturated heterocycles. The van der Waals surface area contributed by atoms with Crippen LogP contribution in [0, 0.1) is 0 Å². The number of ether oxygens (including phenoxy) is 1. The van der Waals surface area contributed by atoms with Crippen molar-refractivity contribution in [1.82, 2.24) is 10.6 Å². The summed E-state index contributed by atoms with van der Waals surface area (Å²) in [5.41, 5.74) is 3.20. The van der Waals surface area contributed by atoms with Crippen LogP contribution in [-0.4, -0.2) is 56.9 Å². The summed E-state index contributed by atoms with van der Waals surface area (Å²) in [6.45, 7) is 2.91. The Labute approximate surface area is 216 Å². The number of ketones is 1. The number of para-hydroxylation sites is 2. The van der Waals surface area contributed by atoms with Crippen molar-refractivity contribution in [2.24, 2.45) is 0 Å². The van der Waals surface area contributed by atoms with Gasteiger partial charge in [-0.15, -0.1) is 0 Å². The molecule has 8 heteroatoms. The van der Waals surface area contributed by atoms with Gasteiger partial charge in [-0.3, -0.25) is 14.4 Å². The van der Waals surface area contributed by atoms with Crippen molar-refractivity contribution >= 4 is 39.7 Å². The average molecular weight is 501 g/mol. The van der Waals surface area contributed by atoms with Crippen LogP contribution in [0.5, 0.6) is 5.75 Å². The van der Waals surface area contributed by atoms with Crippen LogP contribution < -0.4 is 25.2 Å². The van der Waals surface area contributed by atoms with Crippen molar-refractivity contribution in [2.75, 3.05) is 37.0 Å². The summed E-state index contributed by atoms with van der Waals surface area (Å²) in [7, 11) is 3.33. The van der Waals surface area contributed by atoms with Gasteiger partial charge >= 0.3 is 0 Å². The van der Waals surface area contributed by atoms with Gasteiger partial charge < -0.3 is 25.2 Å². The second kappa shape index (κ2) is 10.2. The highest BCUT2D eigenvalue weighted by Gasteiger charge is 2.36. The van der Waals surface area contributed by atoms with E-state index in [0.29, 0.717) is 37.2 Å². The molecule has 192 valence electrons. The number of likely N-dealkylation sites (N-methyl/N-ethyl adjacent to an activating group) is 1. The summed E-state index contributed by atoms with van der Waals surface area (Å²) < 4.78 is 5.72. The highest BCUT2D eigenvalue weighted by Crippen LogP contribution is 2.37. The Morgan fingerprint density at radius 1 is 1.08 bits per heavy atom. The number of nitrogens with zero attached hydrogens (tertiary/aromatic N) is 2. The van der Waals surface area contributed by atoms with Crippen molar-refractivity contribution in [3.63, 3.8) is 0 Å². The molecule has 0 aliphatic carbocycles. The number of amides is 2. The predicted octanol–water partition coefficient (Wildman–Crippen LogP) is 3.27. The summed E-state index contributed by atoms with van der Waals surface area (Å²) in [6, 6.07) is 16.1. The van der Waals surface area contributed by atoms with Crippen LogP contribution in [0.2, 0.25) is 0 Å². The first kappa shape index (κ1) is 24.8. The van der Waals surface area contributed by atoms with Crippen molar-refractivity contribution in [3.05, 3.63) is 65.7 Å². The van der Waals surface area contributed by atoms with Gasteiger partial charge in [0, 0.05) is 30.6 Å². The smallest absolute Gasteiger partial charge is 0.251 e. The fourth-order valence-electron chi connectivity index (χ4n) is 5.21. The Morgan fingerprint density at radius 2 is 1.86 bits per heavy atom. The van der Waals surface area contributed by atoms with Gasteiger partial charge in [-0.25, -0.2) is 0 Å². The first-order valence-electron chi connectivity index (χ1n) is 12.7. The average Bonchev–Trinajstić information content (AvgIpc) is 3.02. The van der Waals surface area contributed by atoms with Gasteiger partial charge in [-0.05, 0) is 55.4 Å². The zero-order valence-electron chi connectivity index (χ0n) is 21.4. The molecule has 0 unspecified atom stereocenters. The van der Waals surface area contributed by atoms with Gasteiger partial charge in [0.2, 0.25) is 5.91 Å². The molecule has 0 fully saturated rings. The number of carbonyl (C=O) groups excluding carboxylic acids is 3. The van der Waals surface area contributed by atoms with Gasteiger partial charge in [0.25, 0.3) is 5.91 Å². The van der Waals surface area contributed by atoms with Crippen LogP contribution in [0.15, 0.2) is 54.6 Å². The number of benzene rings is 3. The molecular weight excluding hydrogens is 468 g/mol. The topological polar surface area (TPSA) is 91.0 Å². The number of nitrogens with one attached hydrogen (secondary N) is 2. The fourth-order valence-corrected chi connectivity index (χ4v) is 5.21. The minimum atomic E-state index is -0.761. The standard InChI is InChI=1S/C29H32N4O4/c1-18(30-2)28(35)31-23-17-32-14-6-9-26(34)20-10-12-21-19(15-20)11-13-27(37-3)22(21)16-33(29(23)36)25-8-5-4-7-24(25)32/h4-5,7-8,10-13,15,18,23,30H,6,9,14,16-17H2,1-3H3,(H,31,35)/t18-,23-/m0/s1. The molecule has 6 rings (SSSR count). The molecule has 2 atom stereocenters. The number of Topliss-reactive ketones (excluding diaryl/α,β-unsaturated/α-hetero) is 1. The lowest BCUT2D eigenvalue weighted by Crippen LogP contribution is -2.55. The lowest BCUT2D eigenvalue weighted by atomic mass is 9.97. The van der Waals surface area contributed by atoms with Gasteiger partial charge in [0.1, 0.15) is 11.8 Å². The Kier molecular flexibility index (Phi) is 6.84. The molecule has 37 heavy (non-hydrogen) atoms. The van der Waals surface area contributed by atoms with Crippen molar-refractivity contribution in [1.29, 1.82) is 0 Å². The van der Waals surface area contributed by atoms with Crippen LogP contribution in [-0.2, 0) is 16.1 Å². The largest absolute Gasteiger partial charge is 0.496 e. The van der Waals surface area contributed by atoms with E-state index >= 15 is 0 Å². The van der Waals surface area contributed by atoms with E-state index in [9.17, 15) is 14.4 Å². The number of methoxy groups -OCH3 is 1. The Balaban J connectivity index is 1.69. The van der Waals surface area contributed by atoms with E-state index in [4.69, 9.17) is 4.74 Å². The lowest BCUT2D eigenvalue weighted by Gasteiger charge is -2.27. The van der Waals surface area contributed by atoms with Gasteiger partial charge in [-0.1, -0.05) is 30.3 Å². The molecule has 6 bridgehead atoms. The van der Waals surface area contributed by atoms with Gasteiger partial charge in [-0.2, -0.15) is 0 Å². The van der Waals surface area contributed by atoms with E-state index in [1.54, 1.807) is 26.0 Å². The normalized spacial score (nSPS) is 18.5. The SMILES string of the molecule is CN[C@@H](C)C(=O)N[C@H]1CN2CCCC(=O)c3ccc4c(c(OC)ccc4c3)CN(C1=O)c1ccccc12. The van der Waals surface area contributed by atoms with E-state index < -0.39 is 12.1 Å². The first-order chi connectivity index (χ1) is 17.9. The van der Waals surface area contributed by atoms with Crippen molar-refractivity contribution in [3.8, 4) is 5.75 Å². The highest BCUT2D eigenvalue weighted by molar-refractivity contribution is 6.05. The van der Waals surface area contributed by atoms with E-state index in [1.807, 2.05) is 54.6 Å². The second-order valence-electron chi connectivity index (χ2n) is 9.64. The Morgan fingerprint density at radius 3 is 2.62 bits per heavy atom. The van der Waals surface area contributed by atoms with E-state index in [1.165, 1.54) is 0 Å². The maximum atomic E-state index is 14.1. The van der Waals surface area contributed by atoms with Crippen LogP contribution in [0.4, 0.5) is 11.4 Å². The maximum Gasteiger partial charge on any atom is 0.251 e. The van der Waals surface area contributed by atoms with Crippen LogP contribution in [0.1, 0.15) is 35.7 Å². The number of carbonyl (C=O) groups is 3. The minimum Gasteiger partial charge on any atom is -0.496 e. The minimum absolute atomic E-state index is 0.0878. The molecule has 2 amide bonds. The zero-order chi connectivity index (χ0) is 26.1. The van der Waals surface area contributed by atoms with E-state index in [0.717, 1.165) is 27.7 Å². The van der Waals surface area contributed by atoms with Crippen molar-refractivity contribution in [2.45, 2.75) is 38.4 Å². The number of anilines is 2. The first-order valence-corrected chi connectivity index (χ1v) is 12.7. The molecule has 3 aromatic carbocycles. The summed E-state index contributed by atoms with van der Waals surface area (Å²) in [4.78, 5) is 43.9. The summed E-state index contributed by atoms with van der Waals surface area (Å²) >= 11 is 0. The molecule has 3 aliphatic heterocycles. The fraction of sp³-hybridized carbons (Fsp3) is 0.345. The second-order valence-corrected chi connectivity index (χ2v) is 9.64. The molecule has 3 aromatic rings. The third kappa shape index (κ3) is 4.64. The molecular formula is C29H32N4O4. The molecule has 3 heterocycles. The van der Waals surface area contributed by atoms with Crippen LogP contribution in [0.3, 0.4) is 0 Å². The maximum absolute atomic E-state index is 14.1. The van der Waals surface area contributed by atoms with Crippen LogP contribution >= 0.6 is 0 Å². The Hall–Kier alpha value is -3.91. The van der Waals surface area contributed by atoms with Gasteiger partial charge in [0.05, 0.1) is 31.1 Å². The lowest BCUT2D eigenvalue weighted by molar-refractivity contribution is -0.128. The number of rotatable bonds is 4. The Bertz CT molecular complexity index is 1370. The number of hydrogen-bond donors (Lipinski definition) is 2. The van der Waals surface area contributed by atoms with Crippen molar-refractivity contribution < 1.29 is 19.1 Å². The predicted molar refractivity (Wildman–Crippen MR) is 144 cm³/mol. The van der Waals surface area contributed by atoms with Gasteiger partial charge in [0.15, 0.2) is 5.78 Å². The molecule has 0 radical (unpaired) electrons. The summed E-state index contributed by atoms with van der Waals surface area (Å²) in [5, 5.41) is 7.75. The van der Waals surface area contributed by atoms with Crippen LogP contribution in [0.25, 0.3) is 10.8 Å². The highest BCUT2D eigenvalue weighted by atomic mass is 16.5. The third-order valence-corrected chi connectivity index (χ3v) is 7.40. The molecule has 0 spiro atoms. The molecule has 3 aliphatic rings. The number of hydrogen-bond acceptors (Lipinski definition) is 6. The van der Waals surface area contributed by atoms with E-state index in [-0.39, 0.29) is 24.1 Å². The number of fused-ring (bicyclic) bond motifs is 4. The van der Waals surface area contributed by atoms with E-state index in [2.05, 4.69) is 15.5 Å².